The lowest BCUT2D eigenvalue weighted by Crippen LogP contribution is -2.30. The number of halogens is 1. The Hall–Kier alpha value is -2.07. The number of carbonyl (C=O) groups excluding carboxylic acids is 1. The number of nitrogens with two attached hydrogens (primary N) is 1. The van der Waals surface area contributed by atoms with Gasteiger partial charge in [0.15, 0.2) is 0 Å². The number of hydrogen-bond donors (Lipinski definition) is 1. The summed E-state index contributed by atoms with van der Waals surface area (Å²) in [6, 6.07) is 8.72. The zero-order valence-corrected chi connectivity index (χ0v) is 12.1. The topological polar surface area (TPSA) is 59.2 Å². The van der Waals surface area contributed by atoms with Crippen LogP contribution in [0.2, 0.25) is 5.02 Å². The first-order valence-corrected chi connectivity index (χ1v) is 6.61. The van der Waals surface area contributed by atoms with Crippen LogP contribution in [0.3, 0.4) is 0 Å². The minimum absolute atomic E-state index is 0.0961. The van der Waals surface area contributed by atoms with Crippen molar-refractivity contribution in [1.82, 2.24) is 9.88 Å². The number of carbonyl (C=O) groups is 1. The van der Waals surface area contributed by atoms with Gasteiger partial charge in [0, 0.05) is 25.1 Å². The quantitative estimate of drug-likeness (QED) is 0.883. The molecular formula is C15H16ClN3O. The molecule has 1 aromatic carbocycles. The average Bonchev–Trinajstić information content (AvgIpc) is 2.46. The zero-order valence-electron chi connectivity index (χ0n) is 11.4. The highest BCUT2D eigenvalue weighted by molar-refractivity contribution is 6.34. The van der Waals surface area contributed by atoms with Crippen molar-refractivity contribution in [3.05, 3.63) is 58.9 Å². The van der Waals surface area contributed by atoms with Crippen LogP contribution in [0.25, 0.3) is 0 Å². The predicted octanol–water partition coefficient (Wildman–Crippen LogP) is 3.15. The molecule has 1 amide bonds. The van der Waals surface area contributed by atoms with E-state index < -0.39 is 0 Å². The minimum Gasteiger partial charge on any atom is -0.398 e. The van der Waals surface area contributed by atoms with Crippen molar-refractivity contribution >= 4 is 23.2 Å². The monoisotopic (exact) mass is 289 g/mol. The summed E-state index contributed by atoms with van der Waals surface area (Å²) in [5.41, 5.74) is 7.59. The molecule has 0 aliphatic heterocycles. The highest BCUT2D eigenvalue weighted by atomic mass is 35.5. The number of amides is 1. The molecule has 0 fully saturated rings. The molecule has 0 bridgehead atoms. The molecule has 0 radical (unpaired) electrons. The van der Waals surface area contributed by atoms with Gasteiger partial charge in [0.05, 0.1) is 16.6 Å². The van der Waals surface area contributed by atoms with E-state index in [1.807, 2.05) is 19.1 Å². The lowest BCUT2D eigenvalue weighted by Gasteiger charge is -2.26. The molecule has 0 spiro atoms. The van der Waals surface area contributed by atoms with Crippen molar-refractivity contribution in [3.8, 4) is 0 Å². The maximum Gasteiger partial charge on any atom is 0.257 e. The van der Waals surface area contributed by atoms with E-state index in [1.165, 1.54) is 0 Å². The molecule has 2 aromatic rings. The number of aromatic nitrogens is 1. The zero-order chi connectivity index (χ0) is 14.7. The molecular weight excluding hydrogens is 274 g/mol. The Balaban J connectivity index is 2.29. The van der Waals surface area contributed by atoms with E-state index in [1.54, 1.807) is 42.5 Å². The van der Waals surface area contributed by atoms with Gasteiger partial charge < -0.3 is 10.6 Å². The van der Waals surface area contributed by atoms with Crippen LogP contribution in [0.15, 0.2) is 42.7 Å². The van der Waals surface area contributed by atoms with Gasteiger partial charge in [-0.15, -0.1) is 0 Å². The molecule has 0 saturated heterocycles. The Morgan fingerprint density at radius 2 is 1.95 bits per heavy atom. The van der Waals surface area contributed by atoms with Crippen LogP contribution >= 0.6 is 11.6 Å². The summed E-state index contributed by atoms with van der Waals surface area (Å²) < 4.78 is 0. The maximum absolute atomic E-state index is 12.5. The van der Waals surface area contributed by atoms with E-state index in [4.69, 9.17) is 17.3 Å². The van der Waals surface area contributed by atoms with Crippen molar-refractivity contribution < 1.29 is 4.79 Å². The highest BCUT2D eigenvalue weighted by Crippen LogP contribution is 2.27. The van der Waals surface area contributed by atoms with Crippen LogP contribution in [0, 0.1) is 0 Å². The molecule has 0 saturated carbocycles. The summed E-state index contributed by atoms with van der Waals surface area (Å²) >= 11 is 6.08. The standard InChI is InChI=1S/C15H16ClN3O/c1-10(11-6-8-18-9-7-11)19(2)15(20)14-12(16)4-3-5-13(14)17/h3-10H,17H2,1-2H3. The lowest BCUT2D eigenvalue weighted by atomic mass is 10.1. The molecule has 0 aliphatic carbocycles. The molecule has 5 heteroatoms. The van der Waals surface area contributed by atoms with Crippen LogP contribution in [0.5, 0.6) is 0 Å². The summed E-state index contributed by atoms with van der Waals surface area (Å²) in [6.07, 6.45) is 3.40. The average molecular weight is 290 g/mol. The Bertz CT molecular complexity index is 596. The SMILES string of the molecule is CC(c1ccncc1)N(C)C(=O)c1c(N)cccc1Cl. The molecule has 2 N–H and O–H groups in total. The number of hydrogen-bond acceptors (Lipinski definition) is 3. The first-order chi connectivity index (χ1) is 9.52. The summed E-state index contributed by atoms with van der Waals surface area (Å²) in [5.74, 6) is -0.197. The lowest BCUT2D eigenvalue weighted by molar-refractivity contribution is 0.0744. The van der Waals surface area contributed by atoms with Crippen molar-refractivity contribution in [1.29, 1.82) is 0 Å². The number of rotatable bonds is 3. The molecule has 2 rings (SSSR count). The van der Waals surface area contributed by atoms with Crippen LogP contribution < -0.4 is 5.73 Å². The molecule has 1 aromatic heterocycles. The maximum atomic E-state index is 12.5. The van der Waals surface area contributed by atoms with Gasteiger partial charge in [0.25, 0.3) is 5.91 Å². The Labute approximate surface area is 123 Å². The summed E-state index contributed by atoms with van der Waals surface area (Å²) in [6.45, 7) is 1.94. The van der Waals surface area contributed by atoms with Gasteiger partial charge in [0.2, 0.25) is 0 Å². The summed E-state index contributed by atoms with van der Waals surface area (Å²) in [4.78, 5) is 18.1. The van der Waals surface area contributed by atoms with E-state index in [0.29, 0.717) is 16.3 Å². The second-order valence-electron chi connectivity index (χ2n) is 4.58. The van der Waals surface area contributed by atoms with Crippen molar-refractivity contribution in [2.45, 2.75) is 13.0 Å². The number of pyridine rings is 1. The second-order valence-corrected chi connectivity index (χ2v) is 4.98. The number of anilines is 1. The first kappa shape index (κ1) is 14.3. The Morgan fingerprint density at radius 1 is 1.30 bits per heavy atom. The van der Waals surface area contributed by atoms with Gasteiger partial charge in [-0.2, -0.15) is 0 Å². The third-order valence-corrected chi connectivity index (χ3v) is 3.66. The largest absolute Gasteiger partial charge is 0.398 e. The highest BCUT2D eigenvalue weighted by Gasteiger charge is 2.22. The van der Waals surface area contributed by atoms with E-state index in [0.717, 1.165) is 5.56 Å². The predicted molar refractivity (Wildman–Crippen MR) is 80.6 cm³/mol. The van der Waals surface area contributed by atoms with Gasteiger partial charge in [-0.1, -0.05) is 17.7 Å². The van der Waals surface area contributed by atoms with E-state index >= 15 is 0 Å². The van der Waals surface area contributed by atoms with Crippen molar-refractivity contribution in [2.24, 2.45) is 0 Å². The first-order valence-electron chi connectivity index (χ1n) is 6.23. The third-order valence-electron chi connectivity index (χ3n) is 3.35. The molecule has 104 valence electrons. The van der Waals surface area contributed by atoms with Gasteiger partial charge >= 0.3 is 0 Å². The molecule has 1 unspecified atom stereocenters. The Morgan fingerprint density at radius 3 is 2.55 bits per heavy atom. The van der Waals surface area contributed by atoms with Gasteiger partial charge in [0.1, 0.15) is 0 Å². The van der Waals surface area contributed by atoms with Gasteiger partial charge in [-0.05, 0) is 36.8 Å². The summed E-state index contributed by atoms with van der Waals surface area (Å²) in [5, 5.41) is 0.365. The Kier molecular flexibility index (Phi) is 4.25. The fraction of sp³-hybridized carbons (Fsp3) is 0.200. The van der Waals surface area contributed by atoms with Gasteiger partial charge in [-0.25, -0.2) is 0 Å². The number of benzene rings is 1. The fourth-order valence-corrected chi connectivity index (χ4v) is 2.25. The molecule has 4 nitrogen and oxygen atoms in total. The molecule has 0 aliphatic rings. The number of nitrogen functional groups attached to an aromatic ring is 1. The van der Waals surface area contributed by atoms with Crippen LogP contribution in [0.1, 0.15) is 28.9 Å². The number of nitrogens with zero attached hydrogens (tertiary/aromatic N) is 2. The third kappa shape index (κ3) is 2.75. The van der Waals surface area contributed by atoms with Crippen LogP contribution in [0.4, 0.5) is 5.69 Å². The summed E-state index contributed by atoms with van der Waals surface area (Å²) in [7, 11) is 1.73. The minimum atomic E-state index is -0.197. The van der Waals surface area contributed by atoms with Crippen molar-refractivity contribution in [2.75, 3.05) is 12.8 Å². The second kappa shape index (κ2) is 5.92. The smallest absolute Gasteiger partial charge is 0.257 e. The fourth-order valence-electron chi connectivity index (χ4n) is 1.98. The van der Waals surface area contributed by atoms with E-state index in [9.17, 15) is 4.79 Å². The molecule has 1 atom stereocenters. The normalized spacial score (nSPS) is 11.9. The van der Waals surface area contributed by atoms with Crippen LogP contribution in [-0.4, -0.2) is 22.8 Å². The molecule has 20 heavy (non-hydrogen) atoms. The van der Waals surface area contributed by atoms with Gasteiger partial charge in [-0.3, -0.25) is 9.78 Å². The van der Waals surface area contributed by atoms with E-state index in [-0.39, 0.29) is 11.9 Å². The van der Waals surface area contributed by atoms with Crippen LogP contribution in [-0.2, 0) is 0 Å². The van der Waals surface area contributed by atoms with Crippen molar-refractivity contribution in [3.63, 3.8) is 0 Å². The van der Waals surface area contributed by atoms with E-state index in [2.05, 4.69) is 4.98 Å². The molecule has 1 heterocycles.